The molecule has 0 bridgehead atoms. The molecule has 3 aromatic rings. The van der Waals surface area contributed by atoms with Crippen molar-refractivity contribution in [2.24, 2.45) is 0 Å². The molecular formula is C23H22O2. The van der Waals surface area contributed by atoms with Crippen molar-refractivity contribution >= 4 is 5.97 Å². The standard InChI is InChI=1S/C23H22O2/c1-14-9-5-7-11-18(14)20-13-21(19-12-8-6-10-15(19)2)17(4)22(16(20)3)23(24)25/h5-13H,1-4H3,(H,24,25). The highest BCUT2D eigenvalue weighted by molar-refractivity contribution is 5.97. The highest BCUT2D eigenvalue weighted by atomic mass is 16.4. The molecule has 3 rings (SSSR count). The number of carbonyl (C=O) groups is 1. The molecule has 0 heterocycles. The molecule has 0 aliphatic carbocycles. The lowest BCUT2D eigenvalue weighted by molar-refractivity contribution is 0.0695. The summed E-state index contributed by atoms with van der Waals surface area (Å²) in [7, 11) is 0. The van der Waals surface area contributed by atoms with Crippen LogP contribution in [0.5, 0.6) is 0 Å². The van der Waals surface area contributed by atoms with E-state index in [-0.39, 0.29) is 0 Å². The van der Waals surface area contributed by atoms with Crippen molar-refractivity contribution in [1.29, 1.82) is 0 Å². The molecule has 0 atom stereocenters. The molecule has 0 unspecified atom stereocenters. The van der Waals surface area contributed by atoms with Crippen molar-refractivity contribution in [3.63, 3.8) is 0 Å². The highest BCUT2D eigenvalue weighted by Crippen LogP contribution is 2.37. The average Bonchev–Trinajstić information content (AvgIpc) is 2.57. The van der Waals surface area contributed by atoms with Crippen molar-refractivity contribution < 1.29 is 9.90 Å². The van der Waals surface area contributed by atoms with Crippen LogP contribution < -0.4 is 0 Å². The van der Waals surface area contributed by atoms with E-state index in [1.165, 1.54) is 0 Å². The molecule has 0 radical (unpaired) electrons. The van der Waals surface area contributed by atoms with Gasteiger partial charge in [-0.2, -0.15) is 0 Å². The summed E-state index contributed by atoms with van der Waals surface area (Å²) in [4.78, 5) is 12.0. The Bertz CT molecular complexity index is 898. The maximum Gasteiger partial charge on any atom is 0.336 e. The highest BCUT2D eigenvalue weighted by Gasteiger charge is 2.20. The van der Waals surface area contributed by atoms with Crippen LogP contribution in [0.2, 0.25) is 0 Å². The third kappa shape index (κ3) is 2.96. The van der Waals surface area contributed by atoms with Crippen LogP contribution in [0.25, 0.3) is 22.3 Å². The normalized spacial score (nSPS) is 10.7. The number of hydrogen-bond acceptors (Lipinski definition) is 1. The van der Waals surface area contributed by atoms with Crippen LogP contribution in [-0.2, 0) is 0 Å². The zero-order valence-corrected chi connectivity index (χ0v) is 15.1. The minimum absolute atomic E-state index is 0.402. The maximum atomic E-state index is 12.0. The van der Waals surface area contributed by atoms with Gasteiger partial charge in [0, 0.05) is 0 Å². The first-order valence-electron chi connectivity index (χ1n) is 8.41. The molecule has 0 aliphatic rings. The van der Waals surface area contributed by atoms with E-state index in [0.717, 1.165) is 44.5 Å². The molecule has 0 saturated carbocycles. The minimum Gasteiger partial charge on any atom is -0.478 e. The van der Waals surface area contributed by atoms with E-state index in [1.807, 2.05) is 38.1 Å². The van der Waals surface area contributed by atoms with Gasteiger partial charge in [-0.15, -0.1) is 0 Å². The lowest BCUT2D eigenvalue weighted by Crippen LogP contribution is -2.07. The predicted octanol–water partition coefficient (Wildman–Crippen LogP) is 5.95. The molecule has 126 valence electrons. The molecule has 0 spiro atoms. The first-order chi connectivity index (χ1) is 11.9. The van der Waals surface area contributed by atoms with E-state index in [0.29, 0.717) is 5.56 Å². The second kappa shape index (κ2) is 6.56. The Hall–Kier alpha value is -2.87. The average molecular weight is 330 g/mol. The van der Waals surface area contributed by atoms with E-state index in [2.05, 4.69) is 44.2 Å². The Morgan fingerprint density at radius 1 is 0.680 bits per heavy atom. The number of carboxylic acid groups (broad SMARTS) is 1. The third-order valence-corrected chi connectivity index (χ3v) is 4.93. The number of benzene rings is 3. The largest absolute Gasteiger partial charge is 0.478 e. The van der Waals surface area contributed by atoms with Crippen LogP contribution in [0.3, 0.4) is 0 Å². The van der Waals surface area contributed by atoms with Crippen molar-refractivity contribution in [3.05, 3.63) is 82.4 Å². The van der Waals surface area contributed by atoms with E-state index in [1.54, 1.807) is 0 Å². The molecule has 2 nitrogen and oxygen atoms in total. The van der Waals surface area contributed by atoms with Gasteiger partial charge in [0.05, 0.1) is 5.56 Å². The predicted molar refractivity (Wildman–Crippen MR) is 103 cm³/mol. The number of carboxylic acids is 1. The topological polar surface area (TPSA) is 37.3 Å². The zero-order chi connectivity index (χ0) is 18.1. The van der Waals surface area contributed by atoms with Crippen LogP contribution in [0.15, 0.2) is 54.6 Å². The Balaban J connectivity index is 2.40. The SMILES string of the molecule is Cc1ccccc1-c1cc(-c2ccccc2C)c(C)c(C(=O)O)c1C. The van der Waals surface area contributed by atoms with Crippen molar-refractivity contribution in [3.8, 4) is 22.3 Å². The molecule has 3 aromatic carbocycles. The van der Waals surface area contributed by atoms with Gasteiger partial charge in [0.2, 0.25) is 0 Å². The summed E-state index contributed by atoms with van der Waals surface area (Å²) in [5, 5.41) is 9.83. The number of hydrogen-bond donors (Lipinski definition) is 1. The summed E-state index contributed by atoms with van der Waals surface area (Å²) in [6, 6.07) is 18.4. The number of rotatable bonds is 3. The first kappa shape index (κ1) is 17.0. The quantitative estimate of drug-likeness (QED) is 0.644. The van der Waals surface area contributed by atoms with E-state index < -0.39 is 5.97 Å². The molecule has 0 amide bonds. The third-order valence-electron chi connectivity index (χ3n) is 4.93. The van der Waals surface area contributed by atoms with Crippen LogP contribution in [0.1, 0.15) is 32.6 Å². The van der Waals surface area contributed by atoms with Crippen molar-refractivity contribution in [2.75, 3.05) is 0 Å². The van der Waals surface area contributed by atoms with Gasteiger partial charge in [-0.3, -0.25) is 0 Å². The van der Waals surface area contributed by atoms with Crippen LogP contribution >= 0.6 is 0 Å². The summed E-state index contributed by atoms with van der Waals surface area (Å²) in [5.41, 5.74) is 8.45. The van der Waals surface area contributed by atoms with Crippen molar-refractivity contribution in [2.45, 2.75) is 27.7 Å². The maximum absolute atomic E-state index is 12.0. The van der Waals surface area contributed by atoms with Crippen LogP contribution in [-0.4, -0.2) is 11.1 Å². The Kier molecular flexibility index (Phi) is 4.45. The molecule has 0 aromatic heterocycles. The van der Waals surface area contributed by atoms with Crippen molar-refractivity contribution in [1.82, 2.24) is 0 Å². The zero-order valence-electron chi connectivity index (χ0n) is 15.1. The van der Waals surface area contributed by atoms with E-state index >= 15 is 0 Å². The summed E-state index contributed by atoms with van der Waals surface area (Å²) in [5.74, 6) is -0.875. The fourth-order valence-corrected chi connectivity index (χ4v) is 3.54. The second-order valence-electron chi connectivity index (χ2n) is 6.53. The fraction of sp³-hybridized carbons (Fsp3) is 0.174. The smallest absolute Gasteiger partial charge is 0.336 e. The van der Waals surface area contributed by atoms with E-state index in [4.69, 9.17) is 0 Å². The number of aryl methyl sites for hydroxylation is 2. The second-order valence-corrected chi connectivity index (χ2v) is 6.53. The molecule has 0 fully saturated rings. The van der Waals surface area contributed by atoms with Gasteiger partial charge in [-0.1, -0.05) is 48.5 Å². The van der Waals surface area contributed by atoms with Crippen LogP contribution in [0.4, 0.5) is 0 Å². The summed E-state index contributed by atoms with van der Waals surface area (Å²) >= 11 is 0. The number of aromatic carboxylic acids is 1. The molecule has 1 N–H and O–H groups in total. The Morgan fingerprint density at radius 2 is 1.08 bits per heavy atom. The van der Waals surface area contributed by atoms with Gasteiger partial charge in [0.1, 0.15) is 0 Å². The van der Waals surface area contributed by atoms with Gasteiger partial charge >= 0.3 is 5.97 Å². The van der Waals surface area contributed by atoms with Gasteiger partial charge in [0.15, 0.2) is 0 Å². The molecule has 25 heavy (non-hydrogen) atoms. The van der Waals surface area contributed by atoms with E-state index in [9.17, 15) is 9.90 Å². The molecule has 0 aliphatic heterocycles. The van der Waals surface area contributed by atoms with Gasteiger partial charge in [0.25, 0.3) is 0 Å². The molecular weight excluding hydrogens is 308 g/mol. The monoisotopic (exact) mass is 330 g/mol. The Labute approximate surface area is 148 Å². The van der Waals surface area contributed by atoms with Gasteiger partial charge in [-0.05, 0) is 78.3 Å². The van der Waals surface area contributed by atoms with Crippen LogP contribution in [0, 0.1) is 27.7 Å². The lowest BCUT2D eigenvalue weighted by atomic mass is 9.85. The summed E-state index contributed by atoms with van der Waals surface area (Å²) < 4.78 is 0. The summed E-state index contributed by atoms with van der Waals surface area (Å²) in [6.45, 7) is 7.92. The van der Waals surface area contributed by atoms with Gasteiger partial charge < -0.3 is 5.11 Å². The molecule has 0 saturated heterocycles. The Morgan fingerprint density at radius 3 is 1.44 bits per heavy atom. The van der Waals surface area contributed by atoms with Gasteiger partial charge in [-0.25, -0.2) is 4.79 Å². The first-order valence-corrected chi connectivity index (χ1v) is 8.41. The fourth-order valence-electron chi connectivity index (χ4n) is 3.54. The minimum atomic E-state index is -0.875. The lowest BCUT2D eigenvalue weighted by Gasteiger charge is -2.19. The summed E-state index contributed by atoms with van der Waals surface area (Å²) in [6.07, 6.45) is 0. The molecule has 2 heteroatoms.